The molecule has 0 radical (unpaired) electrons. The van der Waals surface area contributed by atoms with E-state index in [1.807, 2.05) is 109 Å². The average Bonchev–Trinajstić information content (AvgIpc) is 3.35. The monoisotopic (exact) mass is 454 g/mol. The highest BCUT2D eigenvalue weighted by Crippen LogP contribution is 2.30. The van der Waals surface area contributed by atoms with Crippen LogP contribution in [0.3, 0.4) is 0 Å². The highest BCUT2D eigenvalue weighted by atomic mass is 32.1. The number of rotatable bonds is 8. The molecule has 0 aliphatic heterocycles. The van der Waals surface area contributed by atoms with Crippen molar-refractivity contribution in [2.24, 2.45) is 0 Å². The van der Waals surface area contributed by atoms with Crippen LogP contribution in [0.2, 0.25) is 0 Å². The minimum Gasteiger partial charge on any atom is -0.350 e. The molecule has 0 spiro atoms. The number of carbonyl (C=O) groups excluding carboxylic acids is 2. The average molecular weight is 455 g/mol. The lowest BCUT2D eigenvalue weighted by Crippen LogP contribution is -2.44. The smallest absolute Gasteiger partial charge is 0.248 e. The molecular formula is C28H26N2O2S. The third-order valence-electron chi connectivity index (χ3n) is 5.39. The van der Waals surface area contributed by atoms with Crippen molar-refractivity contribution < 1.29 is 9.59 Å². The first-order valence-corrected chi connectivity index (χ1v) is 11.8. The fourth-order valence-corrected chi connectivity index (χ4v) is 4.49. The molecule has 5 heteroatoms. The Kier molecular flexibility index (Phi) is 7.33. The molecule has 2 amide bonds. The molecular weight excluding hydrogens is 428 g/mol. The molecule has 3 aromatic carbocycles. The Balaban J connectivity index is 1.72. The largest absolute Gasteiger partial charge is 0.350 e. The first-order valence-electron chi connectivity index (χ1n) is 10.9. The van der Waals surface area contributed by atoms with Crippen LogP contribution < -0.4 is 10.2 Å². The number of nitrogens with zero attached hydrogens (tertiary/aromatic N) is 1. The van der Waals surface area contributed by atoms with Crippen LogP contribution in [-0.4, -0.2) is 11.8 Å². The van der Waals surface area contributed by atoms with Gasteiger partial charge in [0, 0.05) is 17.1 Å². The zero-order chi connectivity index (χ0) is 23.0. The lowest BCUT2D eigenvalue weighted by atomic mass is 10.0. The fourth-order valence-electron chi connectivity index (χ4n) is 3.80. The summed E-state index contributed by atoms with van der Waals surface area (Å²) in [5, 5.41) is 5.01. The number of hydrogen-bond acceptors (Lipinski definition) is 3. The van der Waals surface area contributed by atoms with Gasteiger partial charge in [-0.25, -0.2) is 0 Å². The van der Waals surface area contributed by atoms with E-state index < -0.39 is 6.04 Å². The van der Waals surface area contributed by atoms with Gasteiger partial charge in [0.15, 0.2) is 0 Å². The second-order valence-corrected chi connectivity index (χ2v) is 8.91. The van der Waals surface area contributed by atoms with E-state index in [4.69, 9.17) is 0 Å². The SMILES string of the molecule is Cc1cccc(N(C(=O)Cc2cccs2)[C@H](C(=O)NCc2ccccc2)c2ccccc2)c1. The number of benzene rings is 3. The summed E-state index contributed by atoms with van der Waals surface area (Å²) in [6.45, 7) is 2.38. The molecule has 0 unspecified atom stereocenters. The number of carbonyl (C=O) groups is 2. The zero-order valence-corrected chi connectivity index (χ0v) is 19.3. The molecule has 4 nitrogen and oxygen atoms in total. The summed E-state index contributed by atoms with van der Waals surface area (Å²) in [7, 11) is 0. The van der Waals surface area contributed by atoms with Gasteiger partial charge >= 0.3 is 0 Å². The standard InChI is InChI=1S/C28H26N2O2S/c1-21-10-8-15-24(18-21)30(26(31)19-25-16-9-17-33-25)27(23-13-6-3-7-14-23)28(32)29-20-22-11-4-2-5-12-22/h2-18,27H,19-20H2,1H3,(H,29,32)/t27-/m0/s1. The zero-order valence-electron chi connectivity index (χ0n) is 18.5. The van der Waals surface area contributed by atoms with Crippen LogP contribution >= 0.6 is 11.3 Å². The molecule has 0 bridgehead atoms. The van der Waals surface area contributed by atoms with Gasteiger partial charge in [0.1, 0.15) is 6.04 Å². The predicted molar refractivity (Wildman–Crippen MR) is 134 cm³/mol. The van der Waals surface area contributed by atoms with Crippen LogP contribution in [0, 0.1) is 6.92 Å². The van der Waals surface area contributed by atoms with Gasteiger partial charge in [-0.05, 0) is 47.2 Å². The Labute approximate surface area is 198 Å². The number of aryl methyl sites for hydroxylation is 1. The molecule has 4 aromatic rings. The first-order chi connectivity index (χ1) is 16.1. The van der Waals surface area contributed by atoms with Crippen molar-refractivity contribution in [3.63, 3.8) is 0 Å². The molecule has 1 aromatic heterocycles. The second kappa shape index (κ2) is 10.7. The summed E-state index contributed by atoms with van der Waals surface area (Å²) in [4.78, 5) is 29.9. The van der Waals surface area contributed by atoms with Crippen LogP contribution in [-0.2, 0) is 22.6 Å². The molecule has 0 aliphatic carbocycles. The summed E-state index contributed by atoms with van der Waals surface area (Å²) in [5.74, 6) is -0.335. The summed E-state index contributed by atoms with van der Waals surface area (Å²) < 4.78 is 0. The molecule has 4 rings (SSSR count). The summed E-state index contributed by atoms with van der Waals surface area (Å²) >= 11 is 1.54. The highest BCUT2D eigenvalue weighted by molar-refractivity contribution is 7.10. The minimum atomic E-state index is -0.788. The normalized spacial score (nSPS) is 11.5. The highest BCUT2D eigenvalue weighted by Gasteiger charge is 2.32. The number of hydrogen-bond donors (Lipinski definition) is 1. The minimum absolute atomic E-state index is 0.119. The van der Waals surface area contributed by atoms with E-state index in [0.29, 0.717) is 12.2 Å². The van der Waals surface area contributed by atoms with E-state index in [9.17, 15) is 9.59 Å². The molecule has 1 N–H and O–H groups in total. The number of anilines is 1. The van der Waals surface area contributed by atoms with Gasteiger partial charge in [0.2, 0.25) is 11.8 Å². The fraction of sp³-hybridized carbons (Fsp3) is 0.143. The van der Waals surface area contributed by atoms with Crippen LogP contribution in [0.25, 0.3) is 0 Å². The van der Waals surface area contributed by atoms with Crippen LogP contribution in [0.4, 0.5) is 5.69 Å². The molecule has 0 saturated carbocycles. The molecule has 1 heterocycles. The molecule has 1 atom stereocenters. The van der Waals surface area contributed by atoms with Gasteiger partial charge in [-0.15, -0.1) is 11.3 Å². The van der Waals surface area contributed by atoms with Crippen LogP contribution in [0.5, 0.6) is 0 Å². The molecule has 0 fully saturated rings. The Morgan fingerprint density at radius 3 is 2.27 bits per heavy atom. The predicted octanol–water partition coefficient (Wildman–Crippen LogP) is 5.69. The van der Waals surface area contributed by atoms with Crippen LogP contribution in [0.1, 0.15) is 27.6 Å². The molecule has 33 heavy (non-hydrogen) atoms. The molecule has 0 saturated heterocycles. The summed E-state index contributed by atoms with van der Waals surface area (Å²) in [5.41, 5.74) is 3.51. The second-order valence-electron chi connectivity index (χ2n) is 7.88. The van der Waals surface area contributed by atoms with Crippen molar-refractivity contribution in [2.75, 3.05) is 4.90 Å². The maximum atomic E-state index is 13.7. The van der Waals surface area contributed by atoms with E-state index in [1.54, 1.807) is 16.2 Å². The lowest BCUT2D eigenvalue weighted by molar-refractivity contribution is -0.126. The van der Waals surface area contributed by atoms with E-state index in [0.717, 1.165) is 21.6 Å². The van der Waals surface area contributed by atoms with Crippen molar-refractivity contribution in [3.05, 3.63) is 124 Å². The van der Waals surface area contributed by atoms with Gasteiger partial charge in [0.25, 0.3) is 0 Å². The topological polar surface area (TPSA) is 49.4 Å². The van der Waals surface area contributed by atoms with Gasteiger partial charge in [-0.3, -0.25) is 14.5 Å². The quantitative estimate of drug-likeness (QED) is 0.372. The third kappa shape index (κ3) is 5.76. The number of thiophene rings is 1. The lowest BCUT2D eigenvalue weighted by Gasteiger charge is -2.32. The van der Waals surface area contributed by atoms with Gasteiger partial charge in [-0.2, -0.15) is 0 Å². The molecule has 166 valence electrons. The van der Waals surface area contributed by atoms with Crippen molar-refractivity contribution >= 4 is 28.8 Å². The maximum Gasteiger partial charge on any atom is 0.248 e. The van der Waals surface area contributed by atoms with E-state index in [1.165, 1.54) is 0 Å². The maximum absolute atomic E-state index is 13.7. The Morgan fingerprint density at radius 2 is 1.61 bits per heavy atom. The number of amides is 2. The van der Waals surface area contributed by atoms with E-state index >= 15 is 0 Å². The Hall–Kier alpha value is -3.70. The number of nitrogens with one attached hydrogen (secondary N) is 1. The van der Waals surface area contributed by atoms with Gasteiger partial charge in [-0.1, -0.05) is 78.9 Å². The Morgan fingerprint density at radius 1 is 0.879 bits per heavy atom. The van der Waals surface area contributed by atoms with Gasteiger partial charge in [0.05, 0.1) is 6.42 Å². The Bertz CT molecular complexity index is 1190. The van der Waals surface area contributed by atoms with Crippen molar-refractivity contribution in [1.82, 2.24) is 5.32 Å². The van der Waals surface area contributed by atoms with Crippen LogP contribution in [0.15, 0.2) is 102 Å². The summed E-state index contributed by atoms with van der Waals surface area (Å²) in [6.07, 6.45) is 0.237. The molecule has 0 aliphatic rings. The van der Waals surface area contributed by atoms with E-state index in [2.05, 4.69) is 5.32 Å². The third-order valence-corrected chi connectivity index (χ3v) is 6.26. The van der Waals surface area contributed by atoms with Crippen molar-refractivity contribution in [2.45, 2.75) is 25.9 Å². The van der Waals surface area contributed by atoms with E-state index in [-0.39, 0.29) is 18.2 Å². The van der Waals surface area contributed by atoms with Crippen molar-refractivity contribution in [1.29, 1.82) is 0 Å². The summed E-state index contributed by atoms with van der Waals surface area (Å²) in [6, 6.07) is 30.1. The van der Waals surface area contributed by atoms with Gasteiger partial charge < -0.3 is 5.32 Å². The first kappa shape index (κ1) is 22.5. The van der Waals surface area contributed by atoms with Crippen molar-refractivity contribution in [3.8, 4) is 0 Å².